The average Bonchev–Trinajstić information content (AvgIpc) is 2.86. The highest BCUT2D eigenvalue weighted by atomic mass is 16.6. The molecule has 1 unspecified atom stereocenters. The van der Waals surface area contributed by atoms with E-state index in [4.69, 9.17) is 19.9 Å². The van der Waals surface area contributed by atoms with Gasteiger partial charge in [-0.25, -0.2) is 4.98 Å². The lowest BCUT2D eigenvalue weighted by atomic mass is 9.86. The average molecular weight is 507 g/mol. The number of methoxy groups -OCH3 is 1. The minimum atomic E-state index is -0.787. The summed E-state index contributed by atoms with van der Waals surface area (Å²) < 4.78 is 15.3. The number of rotatable bonds is 8. The largest absolute Gasteiger partial charge is 0.493 e. The molecule has 8 nitrogen and oxygen atoms in total. The fourth-order valence-electron chi connectivity index (χ4n) is 3.65. The van der Waals surface area contributed by atoms with Crippen LogP contribution in [0.2, 0.25) is 0 Å². The predicted molar refractivity (Wildman–Crippen MR) is 141 cm³/mol. The third kappa shape index (κ3) is 8.45. The van der Waals surface area contributed by atoms with Gasteiger partial charge < -0.3 is 19.9 Å². The first kappa shape index (κ1) is 29.0. The van der Waals surface area contributed by atoms with E-state index in [0.717, 1.165) is 0 Å². The van der Waals surface area contributed by atoms with Gasteiger partial charge in [-0.3, -0.25) is 14.4 Å². The van der Waals surface area contributed by atoms with Gasteiger partial charge in [-0.15, -0.1) is 0 Å². The summed E-state index contributed by atoms with van der Waals surface area (Å²) in [6, 6.07) is 18.4. The highest BCUT2D eigenvalue weighted by Crippen LogP contribution is 2.31. The maximum absolute atomic E-state index is 11.7. The second-order valence-electron chi connectivity index (χ2n) is 8.50. The second kappa shape index (κ2) is 13.8. The first-order valence-electron chi connectivity index (χ1n) is 11.9. The number of benzene rings is 2. The van der Waals surface area contributed by atoms with Crippen molar-refractivity contribution >= 4 is 17.8 Å². The molecule has 0 aliphatic carbocycles. The Morgan fingerprint density at radius 1 is 0.919 bits per heavy atom. The minimum Gasteiger partial charge on any atom is -0.493 e. The van der Waals surface area contributed by atoms with Crippen molar-refractivity contribution in [1.82, 2.24) is 4.98 Å². The standard InChI is InChI=1S/C20H24O2.C9H10N2O4/c1-5-19(21)22-16(4)20(17-10-6-14(2)7-11-17)18-12-8-15(3)9-13-18;1-5(12)15-8-6(14-2)3-4-11-7(8)9(10)13/h6-13,16,20H,5H2,1-4H3;3-4H,1-2H3,(H2,10,13). The Labute approximate surface area is 217 Å². The molecule has 196 valence electrons. The molecule has 1 amide bonds. The van der Waals surface area contributed by atoms with Gasteiger partial charge in [-0.2, -0.15) is 0 Å². The highest BCUT2D eigenvalue weighted by Gasteiger charge is 2.24. The van der Waals surface area contributed by atoms with Gasteiger partial charge in [-0.05, 0) is 31.9 Å². The molecule has 0 spiro atoms. The summed E-state index contributed by atoms with van der Waals surface area (Å²) >= 11 is 0. The SMILES string of the molecule is CCC(=O)OC(C)C(c1ccc(C)cc1)c1ccc(C)cc1.COc1ccnc(C(N)=O)c1OC(C)=O. The molecule has 0 fully saturated rings. The van der Waals surface area contributed by atoms with Crippen LogP contribution in [0, 0.1) is 13.8 Å². The fraction of sp³-hybridized carbons (Fsp3) is 0.310. The number of esters is 2. The molecule has 2 aromatic carbocycles. The molecule has 2 N–H and O–H groups in total. The molecule has 37 heavy (non-hydrogen) atoms. The van der Waals surface area contributed by atoms with Crippen LogP contribution in [0.3, 0.4) is 0 Å². The number of hydrogen-bond donors (Lipinski definition) is 1. The summed E-state index contributed by atoms with van der Waals surface area (Å²) in [6.07, 6.45) is 1.54. The smallest absolute Gasteiger partial charge is 0.308 e. The van der Waals surface area contributed by atoms with Gasteiger partial charge in [0.15, 0.2) is 11.4 Å². The Kier molecular flexibility index (Phi) is 10.8. The topological polar surface area (TPSA) is 118 Å². The normalized spacial score (nSPS) is 11.1. The zero-order valence-corrected chi connectivity index (χ0v) is 22.1. The third-order valence-electron chi connectivity index (χ3n) is 5.52. The van der Waals surface area contributed by atoms with Crippen molar-refractivity contribution in [2.75, 3.05) is 7.11 Å². The zero-order chi connectivity index (χ0) is 27.5. The molecule has 8 heteroatoms. The molecular formula is C29H34N2O6. The van der Waals surface area contributed by atoms with E-state index in [1.165, 1.54) is 48.6 Å². The van der Waals surface area contributed by atoms with Gasteiger partial charge in [0.1, 0.15) is 6.10 Å². The van der Waals surface area contributed by atoms with E-state index in [0.29, 0.717) is 6.42 Å². The lowest BCUT2D eigenvalue weighted by Crippen LogP contribution is -2.23. The number of carbonyl (C=O) groups excluding carboxylic acids is 3. The minimum absolute atomic E-state index is 0.0525. The molecule has 1 heterocycles. The van der Waals surface area contributed by atoms with Gasteiger partial charge in [0.05, 0.1) is 7.11 Å². The number of hydrogen-bond acceptors (Lipinski definition) is 7. The first-order chi connectivity index (χ1) is 17.6. The number of primary amides is 1. The van der Waals surface area contributed by atoms with Crippen LogP contribution in [0.15, 0.2) is 60.8 Å². The molecular weight excluding hydrogens is 472 g/mol. The fourth-order valence-corrected chi connectivity index (χ4v) is 3.65. The summed E-state index contributed by atoms with van der Waals surface area (Å²) in [4.78, 5) is 37.2. The van der Waals surface area contributed by atoms with Gasteiger partial charge in [-0.1, -0.05) is 66.6 Å². The predicted octanol–water partition coefficient (Wildman–Crippen LogP) is 4.89. The number of aromatic nitrogens is 1. The Hall–Kier alpha value is -4.20. The molecule has 0 aliphatic rings. The molecule has 3 rings (SSSR count). The van der Waals surface area contributed by atoms with Crippen LogP contribution >= 0.6 is 0 Å². The quantitative estimate of drug-likeness (QED) is 0.432. The van der Waals surface area contributed by atoms with E-state index < -0.39 is 11.9 Å². The van der Waals surface area contributed by atoms with Crippen molar-refractivity contribution < 1.29 is 28.6 Å². The van der Waals surface area contributed by atoms with Crippen molar-refractivity contribution in [3.63, 3.8) is 0 Å². The molecule has 0 bridgehead atoms. The molecule has 1 atom stereocenters. The Bertz CT molecular complexity index is 1160. The monoisotopic (exact) mass is 506 g/mol. The maximum atomic E-state index is 11.7. The van der Waals surface area contributed by atoms with E-state index in [1.807, 2.05) is 13.8 Å². The van der Waals surface area contributed by atoms with E-state index in [9.17, 15) is 14.4 Å². The highest BCUT2D eigenvalue weighted by molar-refractivity contribution is 5.95. The van der Waals surface area contributed by atoms with Gasteiger partial charge >= 0.3 is 11.9 Å². The van der Waals surface area contributed by atoms with E-state index >= 15 is 0 Å². The number of aryl methyl sites for hydroxylation is 2. The van der Waals surface area contributed by atoms with Crippen LogP contribution in [-0.2, 0) is 14.3 Å². The molecule has 3 aromatic rings. The summed E-state index contributed by atoms with van der Waals surface area (Å²) in [5.74, 6) is -1.30. The number of nitrogens with two attached hydrogens (primary N) is 1. The summed E-state index contributed by atoms with van der Waals surface area (Å²) in [7, 11) is 1.38. The van der Waals surface area contributed by atoms with Crippen molar-refractivity contribution in [2.24, 2.45) is 5.73 Å². The summed E-state index contributed by atoms with van der Waals surface area (Å²) in [5, 5.41) is 0. The lowest BCUT2D eigenvalue weighted by Gasteiger charge is -2.25. The van der Waals surface area contributed by atoms with Gasteiger partial charge in [0, 0.05) is 31.5 Å². The van der Waals surface area contributed by atoms with E-state index in [2.05, 4.69) is 67.4 Å². The van der Waals surface area contributed by atoms with Crippen LogP contribution in [0.4, 0.5) is 0 Å². The molecule has 1 aromatic heterocycles. The van der Waals surface area contributed by atoms with Crippen LogP contribution in [-0.4, -0.2) is 36.0 Å². The molecule has 0 aliphatic heterocycles. The van der Waals surface area contributed by atoms with Crippen molar-refractivity contribution in [3.8, 4) is 11.5 Å². The van der Waals surface area contributed by atoms with Crippen LogP contribution in [0.1, 0.15) is 65.9 Å². The van der Waals surface area contributed by atoms with Gasteiger partial charge in [0.2, 0.25) is 5.75 Å². The Morgan fingerprint density at radius 3 is 1.84 bits per heavy atom. The molecule has 0 saturated heterocycles. The maximum Gasteiger partial charge on any atom is 0.308 e. The Morgan fingerprint density at radius 2 is 1.43 bits per heavy atom. The zero-order valence-electron chi connectivity index (χ0n) is 22.1. The third-order valence-corrected chi connectivity index (χ3v) is 5.52. The van der Waals surface area contributed by atoms with Crippen molar-refractivity contribution in [1.29, 1.82) is 0 Å². The summed E-state index contributed by atoms with van der Waals surface area (Å²) in [6.45, 7) is 9.15. The number of carbonyl (C=O) groups is 3. The first-order valence-corrected chi connectivity index (χ1v) is 11.9. The van der Waals surface area contributed by atoms with E-state index in [-0.39, 0.29) is 35.2 Å². The second-order valence-corrected chi connectivity index (χ2v) is 8.50. The molecule has 0 saturated carbocycles. The van der Waals surface area contributed by atoms with Gasteiger partial charge in [0.25, 0.3) is 5.91 Å². The van der Waals surface area contributed by atoms with E-state index in [1.54, 1.807) is 0 Å². The van der Waals surface area contributed by atoms with Crippen LogP contribution < -0.4 is 15.2 Å². The van der Waals surface area contributed by atoms with Crippen LogP contribution in [0.5, 0.6) is 11.5 Å². The number of ether oxygens (including phenoxy) is 3. The summed E-state index contributed by atoms with van der Waals surface area (Å²) in [5.41, 5.74) is 9.73. The van der Waals surface area contributed by atoms with Crippen LogP contribution in [0.25, 0.3) is 0 Å². The van der Waals surface area contributed by atoms with Crippen molar-refractivity contribution in [2.45, 2.75) is 53.1 Å². The number of nitrogens with zero attached hydrogens (tertiary/aromatic N) is 1. The molecule has 0 radical (unpaired) electrons. The number of amides is 1. The Balaban J connectivity index is 0.000000281. The lowest BCUT2D eigenvalue weighted by molar-refractivity contribution is -0.148. The van der Waals surface area contributed by atoms with Crippen molar-refractivity contribution in [3.05, 3.63) is 88.7 Å². The number of pyridine rings is 1.